The topological polar surface area (TPSA) is 30.2 Å². The molecule has 2 nitrogen and oxygen atoms in total. The van der Waals surface area contributed by atoms with Gasteiger partial charge in [-0.15, -0.1) is 0 Å². The lowest BCUT2D eigenvalue weighted by atomic mass is 9.92. The zero-order chi connectivity index (χ0) is 12.8. The van der Waals surface area contributed by atoms with E-state index in [4.69, 9.17) is 4.42 Å². The van der Waals surface area contributed by atoms with Gasteiger partial charge in [0.15, 0.2) is 0 Å². The number of rotatable bonds is 6. The Hall–Kier alpha value is -1.05. The van der Waals surface area contributed by atoms with Crippen molar-refractivity contribution in [3.63, 3.8) is 0 Å². The van der Waals surface area contributed by atoms with Crippen molar-refractivity contribution in [2.75, 3.05) is 0 Å². The zero-order valence-electron chi connectivity index (χ0n) is 11.5. The molecule has 0 aliphatic rings. The predicted octanol–water partition coefficient (Wildman–Crippen LogP) is 3.95. The lowest BCUT2D eigenvalue weighted by Crippen LogP contribution is -2.07. The number of hydrogen-bond acceptors (Lipinski definition) is 2. The molecule has 0 aliphatic heterocycles. The van der Waals surface area contributed by atoms with Gasteiger partial charge in [0, 0.05) is 12.0 Å². The second-order valence-corrected chi connectivity index (χ2v) is 5.27. The molecule has 0 N–H and O–H groups in total. The highest BCUT2D eigenvalue weighted by atomic mass is 16.4. The van der Waals surface area contributed by atoms with Crippen LogP contribution in [0.1, 0.15) is 51.4 Å². The molecule has 1 heterocycles. The predicted molar refractivity (Wildman–Crippen MR) is 71.3 cm³/mol. The molecule has 1 aromatic heterocycles. The normalized spacial score (nSPS) is 14.6. The summed E-state index contributed by atoms with van der Waals surface area (Å²) < 4.78 is 5.23. The third-order valence-corrected chi connectivity index (χ3v) is 3.45. The molecule has 0 bridgehead atoms. The maximum Gasteiger partial charge on any atom is 0.338 e. The van der Waals surface area contributed by atoms with Crippen molar-refractivity contribution in [1.29, 1.82) is 0 Å². The summed E-state index contributed by atoms with van der Waals surface area (Å²) in [6.07, 6.45) is 4.46. The molecule has 0 saturated carbocycles. The molecule has 0 aromatic carbocycles. The highest BCUT2D eigenvalue weighted by Gasteiger charge is 2.08. The monoisotopic (exact) mass is 236 g/mol. The standard InChI is InChI=1S/C15H24O2/c1-5-11(2)10-12(3)6-8-14-9-7-13(4)15(16)17-14/h7,9,11-12H,5-6,8,10H2,1-4H3. The van der Waals surface area contributed by atoms with Crippen LogP contribution in [0.2, 0.25) is 0 Å². The van der Waals surface area contributed by atoms with E-state index in [0.29, 0.717) is 11.5 Å². The SMILES string of the molecule is CCC(C)CC(C)CCc1ccc(C)c(=O)o1. The molecule has 2 atom stereocenters. The lowest BCUT2D eigenvalue weighted by Gasteiger charge is -2.15. The third kappa shape index (κ3) is 4.76. The van der Waals surface area contributed by atoms with Gasteiger partial charge in [-0.05, 0) is 43.7 Å². The van der Waals surface area contributed by atoms with Crippen molar-refractivity contribution >= 4 is 0 Å². The van der Waals surface area contributed by atoms with E-state index < -0.39 is 0 Å². The minimum Gasteiger partial charge on any atom is -0.428 e. The van der Waals surface area contributed by atoms with Crippen molar-refractivity contribution < 1.29 is 4.42 Å². The summed E-state index contributed by atoms with van der Waals surface area (Å²) in [5, 5.41) is 0. The van der Waals surface area contributed by atoms with Crippen LogP contribution in [-0.4, -0.2) is 0 Å². The van der Waals surface area contributed by atoms with Crippen molar-refractivity contribution in [2.45, 2.75) is 53.4 Å². The fraction of sp³-hybridized carbons (Fsp3) is 0.667. The first-order chi connectivity index (χ1) is 8.02. The van der Waals surface area contributed by atoms with Gasteiger partial charge in [-0.2, -0.15) is 0 Å². The van der Waals surface area contributed by atoms with Crippen LogP contribution in [0, 0.1) is 18.8 Å². The van der Waals surface area contributed by atoms with E-state index in [2.05, 4.69) is 20.8 Å². The zero-order valence-corrected chi connectivity index (χ0v) is 11.5. The summed E-state index contributed by atoms with van der Waals surface area (Å²) >= 11 is 0. The molecule has 1 aromatic rings. The average Bonchev–Trinajstić information content (AvgIpc) is 2.30. The second-order valence-electron chi connectivity index (χ2n) is 5.27. The minimum absolute atomic E-state index is 0.197. The Morgan fingerprint density at radius 2 is 1.94 bits per heavy atom. The van der Waals surface area contributed by atoms with Crippen LogP contribution in [0.5, 0.6) is 0 Å². The summed E-state index contributed by atoms with van der Waals surface area (Å²) in [6, 6.07) is 3.77. The largest absolute Gasteiger partial charge is 0.428 e. The number of hydrogen-bond donors (Lipinski definition) is 0. The first-order valence-electron chi connectivity index (χ1n) is 6.62. The van der Waals surface area contributed by atoms with E-state index in [-0.39, 0.29) is 5.63 Å². The summed E-state index contributed by atoms with van der Waals surface area (Å²) in [5.41, 5.74) is 0.485. The quantitative estimate of drug-likeness (QED) is 0.748. The Labute approximate surface area is 104 Å². The van der Waals surface area contributed by atoms with Crippen molar-refractivity contribution in [2.24, 2.45) is 11.8 Å². The highest BCUT2D eigenvalue weighted by Crippen LogP contribution is 2.19. The van der Waals surface area contributed by atoms with E-state index in [1.807, 2.05) is 12.1 Å². The van der Waals surface area contributed by atoms with E-state index in [1.165, 1.54) is 12.8 Å². The molecule has 0 amide bonds. The van der Waals surface area contributed by atoms with Crippen LogP contribution >= 0.6 is 0 Å². The van der Waals surface area contributed by atoms with E-state index in [9.17, 15) is 4.79 Å². The first-order valence-corrected chi connectivity index (χ1v) is 6.62. The Kier molecular flexibility index (Phi) is 5.46. The van der Waals surface area contributed by atoms with Gasteiger partial charge in [-0.3, -0.25) is 0 Å². The summed E-state index contributed by atoms with van der Waals surface area (Å²) in [6.45, 7) is 8.58. The van der Waals surface area contributed by atoms with Gasteiger partial charge < -0.3 is 4.42 Å². The third-order valence-electron chi connectivity index (χ3n) is 3.45. The molecule has 96 valence electrons. The van der Waals surface area contributed by atoms with Gasteiger partial charge in [0.05, 0.1) is 0 Å². The Bertz CT molecular complexity index is 392. The maximum absolute atomic E-state index is 11.3. The van der Waals surface area contributed by atoms with Gasteiger partial charge in [0.2, 0.25) is 0 Å². The van der Waals surface area contributed by atoms with Crippen LogP contribution in [0.25, 0.3) is 0 Å². The van der Waals surface area contributed by atoms with E-state index in [1.54, 1.807) is 6.92 Å². The summed E-state index contributed by atoms with van der Waals surface area (Å²) in [4.78, 5) is 11.3. The van der Waals surface area contributed by atoms with Crippen molar-refractivity contribution in [3.8, 4) is 0 Å². The molecule has 2 heteroatoms. The Balaban J connectivity index is 2.44. The smallest absolute Gasteiger partial charge is 0.338 e. The molecule has 2 unspecified atom stereocenters. The molecular formula is C15H24O2. The van der Waals surface area contributed by atoms with E-state index in [0.717, 1.165) is 24.5 Å². The minimum atomic E-state index is -0.197. The molecular weight excluding hydrogens is 212 g/mol. The van der Waals surface area contributed by atoms with E-state index >= 15 is 0 Å². The number of aryl methyl sites for hydroxylation is 2. The van der Waals surface area contributed by atoms with Crippen LogP contribution in [0.15, 0.2) is 21.3 Å². The molecule has 0 saturated heterocycles. The summed E-state index contributed by atoms with van der Waals surface area (Å²) in [7, 11) is 0. The van der Waals surface area contributed by atoms with Crippen LogP contribution < -0.4 is 5.63 Å². The van der Waals surface area contributed by atoms with Gasteiger partial charge in [0.1, 0.15) is 5.76 Å². The molecule has 0 fully saturated rings. The van der Waals surface area contributed by atoms with Gasteiger partial charge >= 0.3 is 5.63 Å². The fourth-order valence-corrected chi connectivity index (χ4v) is 2.01. The molecule has 0 aliphatic carbocycles. The molecule has 1 rings (SSSR count). The fourth-order valence-electron chi connectivity index (χ4n) is 2.01. The van der Waals surface area contributed by atoms with Crippen molar-refractivity contribution in [1.82, 2.24) is 0 Å². The van der Waals surface area contributed by atoms with Gasteiger partial charge in [-0.25, -0.2) is 4.79 Å². The molecule has 17 heavy (non-hydrogen) atoms. The van der Waals surface area contributed by atoms with Crippen LogP contribution in [-0.2, 0) is 6.42 Å². The highest BCUT2D eigenvalue weighted by molar-refractivity contribution is 5.09. The molecule has 0 spiro atoms. The maximum atomic E-state index is 11.3. The first kappa shape index (κ1) is 14.0. The summed E-state index contributed by atoms with van der Waals surface area (Å²) in [5.74, 6) is 2.29. The Morgan fingerprint density at radius 1 is 1.24 bits per heavy atom. The van der Waals surface area contributed by atoms with Crippen LogP contribution in [0.3, 0.4) is 0 Å². The van der Waals surface area contributed by atoms with Crippen molar-refractivity contribution in [3.05, 3.63) is 33.9 Å². The Morgan fingerprint density at radius 3 is 2.53 bits per heavy atom. The van der Waals surface area contributed by atoms with Crippen LogP contribution in [0.4, 0.5) is 0 Å². The second kappa shape index (κ2) is 6.63. The lowest BCUT2D eigenvalue weighted by molar-refractivity contribution is 0.368. The van der Waals surface area contributed by atoms with Gasteiger partial charge in [0.25, 0.3) is 0 Å². The average molecular weight is 236 g/mol. The molecule has 0 radical (unpaired) electrons. The van der Waals surface area contributed by atoms with Gasteiger partial charge in [-0.1, -0.05) is 27.2 Å².